The van der Waals surface area contributed by atoms with Crippen LogP contribution in [0.25, 0.3) is 27.1 Å². The van der Waals surface area contributed by atoms with Crippen LogP contribution in [0.3, 0.4) is 0 Å². The van der Waals surface area contributed by atoms with Gasteiger partial charge in [-0.05, 0) is 60.2 Å². The zero-order chi connectivity index (χ0) is 22.8. The molecule has 0 amide bonds. The summed E-state index contributed by atoms with van der Waals surface area (Å²) < 4.78 is 28.9. The fourth-order valence-electron chi connectivity index (χ4n) is 3.97. The van der Waals surface area contributed by atoms with Gasteiger partial charge < -0.3 is 10.6 Å². The molecule has 2 heterocycles. The number of aryl methyl sites for hydroxylation is 1. The molecule has 1 aliphatic heterocycles. The molecule has 32 heavy (non-hydrogen) atoms. The van der Waals surface area contributed by atoms with Crippen LogP contribution in [0.4, 0.5) is 20.3 Å². The van der Waals surface area contributed by atoms with Gasteiger partial charge in [-0.15, -0.1) is 0 Å². The fraction of sp³-hybridized carbons (Fsp3) is 0.240. The van der Waals surface area contributed by atoms with Crippen molar-refractivity contribution in [1.82, 2.24) is 4.98 Å². The van der Waals surface area contributed by atoms with E-state index < -0.39 is 5.82 Å². The number of anilines is 1. The number of hydrogen-bond donors (Lipinski definition) is 1. The number of nitriles is 1. The summed E-state index contributed by atoms with van der Waals surface area (Å²) in [6.07, 6.45) is 3.17. The average molecular weight is 429 g/mol. The molecule has 0 spiro atoms. The highest BCUT2D eigenvalue weighted by molar-refractivity contribution is 5.96. The number of rotatable bonds is 3. The van der Waals surface area contributed by atoms with Crippen molar-refractivity contribution in [3.05, 3.63) is 76.8 Å². The van der Waals surface area contributed by atoms with E-state index in [9.17, 15) is 8.78 Å². The first-order valence-corrected chi connectivity index (χ1v) is 10.3. The van der Waals surface area contributed by atoms with Gasteiger partial charge in [0.25, 0.3) is 0 Å². The van der Waals surface area contributed by atoms with E-state index in [-0.39, 0.29) is 23.1 Å². The Labute approximate surface area is 185 Å². The minimum Gasteiger partial charge on any atom is -0.365 e. The highest BCUT2D eigenvalue weighted by atomic mass is 19.1. The Balaban J connectivity index is 1.96. The highest BCUT2D eigenvalue weighted by Crippen LogP contribution is 2.44. The standard InChI is InChI=1S/C25H21F2N5/c1-15-3-4-16(11-21(15)26)20-14-31-25(32-9-7-19(29)8-10-32)24(30-2)23(20)17-5-6-18(13-28)22(27)12-17/h3-6,11-12,14,19H,7-10,29H2,1H3. The number of aromatic nitrogens is 1. The maximum absolute atomic E-state index is 14.5. The fourth-order valence-corrected chi connectivity index (χ4v) is 3.97. The Morgan fingerprint density at radius 3 is 2.44 bits per heavy atom. The van der Waals surface area contributed by atoms with Gasteiger partial charge in [-0.2, -0.15) is 5.26 Å². The molecular weight excluding hydrogens is 408 g/mol. The van der Waals surface area contributed by atoms with E-state index in [1.807, 2.05) is 11.0 Å². The van der Waals surface area contributed by atoms with E-state index >= 15 is 0 Å². The van der Waals surface area contributed by atoms with E-state index in [1.54, 1.807) is 31.3 Å². The second-order valence-electron chi connectivity index (χ2n) is 7.93. The predicted octanol–water partition coefficient (Wildman–Crippen LogP) is 5.35. The van der Waals surface area contributed by atoms with E-state index in [1.165, 1.54) is 18.2 Å². The first-order chi connectivity index (χ1) is 15.4. The minimum atomic E-state index is -0.677. The van der Waals surface area contributed by atoms with Crippen molar-refractivity contribution in [2.75, 3.05) is 18.0 Å². The summed E-state index contributed by atoms with van der Waals surface area (Å²) in [6.45, 7) is 10.9. The van der Waals surface area contributed by atoms with Crippen molar-refractivity contribution < 1.29 is 8.78 Å². The van der Waals surface area contributed by atoms with Gasteiger partial charge in [0.2, 0.25) is 5.69 Å². The number of benzene rings is 2. The lowest BCUT2D eigenvalue weighted by Gasteiger charge is -2.32. The molecule has 1 aliphatic rings. The molecule has 4 rings (SSSR count). The molecule has 0 aliphatic carbocycles. The summed E-state index contributed by atoms with van der Waals surface area (Å²) in [5.41, 5.74) is 8.67. The maximum Gasteiger partial charge on any atom is 0.236 e. The molecule has 0 radical (unpaired) electrons. The SMILES string of the molecule is [C-]#[N+]c1c(N2CCC(N)CC2)ncc(-c2ccc(C)c(F)c2)c1-c1ccc(C#N)c(F)c1. The number of pyridine rings is 1. The third-order valence-electron chi connectivity index (χ3n) is 5.85. The van der Waals surface area contributed by atoms with E-state index in [4.69, 9.17) is 17.6 Å². The highest BCUT2D eigenvalue weighted by Gasteiger charge is 2.25. The molecule has 0 bridgehead atoms. The van der Waals surface area contributed by atoms with Gasteiger partial charge in [-0.1, -0.05) is 18.2 Å². The van der Waals surface area contributed by atoms with Gasteiger partial charge in [0, 0.05) is 30.9 Å². The molecular formula is C25H21F2N5. The minimum absolute atomic E-state index is 0.0830. The summed E-state index contributed by atoms with van der Waals surface area (Å²) in [4.78, 5) is 10.4. The van der Waals surface area contributed by atoms with Crippen LogP contribution in [0.15, 0.2) is 42.6 Å². The van der Waals surface area contributed by atoms with Crippen LogP contribution in [0.1, 0.15) is 24.0 Å². The number of piperidine rings is 1. The molecule has 1 saturated heterocycles. The lowest BCUT2D eigenvalue weighted by atomic mass is 9.93. The predicted molar refractivity (Wildman–Crippen MR) is 120 cm³/mol. The average Bonchev–Trinajstić information content (AvgIpc) is 2.80. The summed E-state index contributed by atoms with van der Waals surface area (Å²) in [5, 5.41) is 9.10. The number of nitrogens with two attached hydrogens (primary N) is 1. The summed E-state index contributed by atoms with van der Waals surface area (Å²) in [5.74, 6) is -0.551. The maximum atomic E-state index is 14.5. The van der Waals surface area contributed by atoms with Crippen LogP contribution in [-0.4, -0.2) is 24.1 Å². The van der Waals surface area contributed by atoms with Crippen molar-refractivity contribution in [2.24, 2.45) is 5.73 Å². The first kappa shape index (κ1) is 21.4. The number of nitrogens with zero attached hydrogens (tertiary/aromatic N) is 4. The molecule has 7 heteroatoms. The van der Waals surface area contributed by atoms with Crippen LogP contribution >= 0.6 is 0 Å². The Bertz CT molecular complexity index is 1260. The van der Waals surface area contributed by atoms with Gasteiger partial charge >= 0.3 is 0 Å². The molecule has 0 unspecified atom stereocenters. The largest absolute Gasteiger partial charge is 0.365 e. The van der Waals surface area contributed by atoms with Crippen LogP contribution in [0.2, 0.25) is 0 Å². The second kappa shape index (κ2) is 8.74. The molecule has 2 aromatic carbocycles. The number of halogens is 2. The quantitative estimate of drug-likeness (QED) is 0.570. The third kappa shape index (κ3) is 3.91. The van der Waals surface area contributed by atoms with Crippen molar-refractivity contribution >= 4 is 11.5 Å². The second-order valence-corrected chi connectivity index (χ2v) is 7.93. The van der Waals surface area contributed by atoms with Gasteiger partial charge in [-0.25, -0.2) is 13.6 Å². The molecule has 0 saturated carbocycles. The molecule has 2 N–H and O–H groups in total. The van der Waals surface area contributed by atoms with Crippen molar-refractivity contribution in [1.29, 1.82) is 5.26 Å². The molecule has 1 fully saturated rings. The lowest BCUT2D eigenvalue weighted by Crippen LogP contribution is -2.40. The van der Waals surface area contributed by atoms with E-state index in [2.05, 4.69) is 9.83 Å². The monoisotopic (exact) mass is 429 g/mol. The third-order valence-corrected chi connectivity index (χ3v) is 5.85. The van der Waals surface area contributed by atoms with Crippen LogP contribution in [-0.2, 0) is 0 Å². The van der Waals surface area contributed by atoms with Gasteiger partial charge in [0.15, 0.2) is 0 Å². The number of hydrogen-bond acceptors (Lipinski definition) is 4. The molecule has 3 aromatic rings. The molecule has 5 nitrogen and oxygen atoms in total. The van der Waals surface area contributed by atoms with Crippen molar-refractivity contribution in [3.63, 3.8) is 0 Å². The Morgan fingerprint density at radius 2 is 1.81 bits per heavy atom. The van der Waals surface area contributed by atoms with Crippen molar-refractivity contribution in [2.45, 2.75) is 25.8 Å². The lowest BCUT2D eigenvalue weighted by molar-refractivity contribution is 0.499. The summed E-state index contributed by atoms with van der Waals surface area (Å²) in [6, 6.07) is 11.0. The van der Waals surface area contributed by atoms with E-state index in [0.717, 1.165) is 12.8 Å². The van der Waals surface area contributed by atoms with Gasteiger partial charge in [0.05, 0.1) is 12.1 Å². The zero-order valence-electron chi connectivity index (χ0n) is 17.6. The van der Waals surface area contributed by atoms with E-state index in [0.29, 0.717) is 46.7 Å². The molecule has 1 aromatic heterocycles. The van der Waals surface area contributed by atoms with Crippen LogP contribution in [0, 0.1) is 36.5 Å². The Kier molecular flexibility index (Phi) is 5.85. The normalized spacial score (nSPS) is 14.1. The summed E-state index contributed by atoms with van der Waals surface area (Å²) in [7, 11) is 0. The first-order valence-electron chi connectivity index (χ1n) is 10.3. The van der Waals surface area contributed by atoms with Crippen molar-refractivity contribution in [3.8, 4) is 28.3 Å². The Morgan fingerprint density at radius 1 is 1.12 bits per heavy atom. The van der Waals surface area contributed by atoms with Gasteiger partial charge in [-0.3, -0.25) is 4.98 Å². The topological polar surface area (TPSA) is 70.3 Å². The van der Waals surface area contributed by atoms with Gasteiger partial charge in [0.1, 0.15) is 23.5 Å². The smallest absolute Gasteiger partial charge is 0.236 e. The zero-order valence-corrected chi connectivity index (χ0v) is 17.6. The summed E-state index contributed by atoms with van der Waals surface area (Å²) >= 11 is 0. The molecule has 160 valence electrons. The van der Waals surface area contributed by atoms with Crippen LogP contribution < -0.4 is 10.6 Å². The molecule has 0 atom stereocenters. The van der Waals surface area contributed by atoms with Crippen LogP contribution in [0.5, 0.6) is 0 Å². The Hall–Kier alpha value is -3.81.